The van der Waals surface area contributed by atoms with Crippen LogP contribution in [-0.4, -0.2) is 14.8 Å². The number of H-pyrrole nitrogens is 1. The number of fused-ring (bicyclic) bond motifs is 1. The first-order valence-electron chi connectivity index (χ1n) is 4.29. The van der Waals surface area contributed by atoms with Crippen LogP contribution in [0.4, 0.5) is 0 Å². The van der Waals surface area contributed by atoms with Crippen molar-refractivity contribution in [1.29, 1.82) is 0 Å². The monoisotopic (exact) mass is 177 g/mol. The second-order valence-electron chi connectivity index (χ2n) is 2.97. The van der Waals surface area contributed by atoms with Gasteiger partial charge in [-0.15, -0.1) is 0 Å². The van der Waals surface area contributed by atoms with Crippen molar-refractivity contribution in [1.82, 2.24) is 14.8 Å². The van der Waals surface area contributed by atoms with E-state index in [0.29, 0.717) is 5.39 Å². The summed E-state index contributed by atoms with van der Waals surface area (Å²) >= 11 is 0. The smallest absolute Gasteiger partial charge is 0.192 e. The molecular formula is C9H11N3O. The lowest BCUT2D eigenvalue weighted by Crippen LogP contribution is -2.02. The Morgan fingerprint density at radius 3 is 3.08 bits per heavy atom. The minimum Gasteiger partial charge on any atom is -0.346 e. The van der Waals surface area contributed by atoms with Gasteiger partial charge in [0.25, 0.3) is 0 Å². The molecule has 0 spiro atoms. The minimum absolute atomic E-state index is 0.0333. The van der Waals surface area contributed by atoms with Crippen LogP contribution in [0.2, 0.25) is 0 Å². The molecule has 0 atom stereocenters. The molecule has 2 aromatic heterocycles. The van der Waals surface area contributed by atoms with E-state index >= 15 is 0 Å². The molecule has 4 nitrogen and oxygen atoms in total. The van der Waals surface area contributed by atoms with Crippen LogP contribution < -0.4 is 5.43 Å². The summed E-state index contributed by atoms with van der Waals surface area (Å²) in [5.74, 6) is 0. The summed E-state index contributed by atoms with van der Waals surface area (Å²) in [6, 6.07) is 1.52. The zero-order valence-corrected chi connectivity index (χ0v) is 7.66. The van der Waals surface area contributed by atoms with Crippen LogP contribution in [0.25, 0.3) is 11.0 Å². The van der Waals surface area contributed by atoms with Crippen LogP contribution >= 0.6 is 0 Å². The van der Waals surface area contributed by atoms with E-state index in [1.807, 2.05) is 13.8 Å². The normalized spacial score (nSPS) is 10.9. The molecule has 2 rings (SSSR count). The molecule has 0 aliphatic rings. The molecule has 0 saturated carbocycles. The van der Waals surface area contributed by atoms with Crippen LogP contribution in [0.5, 0.6) is 0 Å². The van der Waals surface area contributed by atoms with Gasteiger partial charge < -0.3 is 4.98 Å². The standard InChI is InChI=1S/C9H11N3O/c1-3-12-9-8(6(2)11-12)7(13)4-5-10-9/h4-5H,3H2,1-2H3,(H,10,13). The van der Waals surface area contributed by atoms with Crippen LogP contribution in [0.3, 0.4) is 0 Å². The van der Waals surface area contributed by atoms with Crippen molar-refractivity contribution in [2.45, 2.75) is 20.4 Å². The Morgan fingerprint density at radius 2 is 2.38 bits per heavy atom. The lowest BCUT2D eigenvalue weighted by Gasteiger charge is -1.95. The summed E-state index contributed by atoms with van der Waals surface area (Å²) < 4.78 is 1.80. The van der Waals surface area contributed by atoms with Gasteiger partial charge in [-0.05, 0) is 13.8 Å². The molecule has 2 heterocycles. The number of aryl methyl sites for hydroxylation is 2. The molecule has 0 radical (unpaired) electrons. The molecule has 0 bridgehead atoms. The number of aromatic amines is 1. The lowest BCUT2D eigenvalue weighted by atomic mass is 10.3. The molecule has 4 heteroatoms. The molecule has 0 amide bonds. The second kappa shape index (κ2) is 2.73. The van der Waals surface area contributed by atoms with Crippen molar-refractivity contribution in [3.05, 3.63) is 28.2 Å². The highest BCUT2D eigenvalue weighted by molar-refractivity contribution is 5.77. The Hall–Kier alpha value is -1.58. The van der Waals surface area contributed by atoms with Crippen molar-refractivity contribution in [3.63, 3.8) is 0 Å². The number of hydrogen-bond donors (Lipinski definition) is 1. The van der Waals surface area contributed by atoms with E-state index in [4.69, 9.17) is 0 Å². The first-order chi connectivity index (χ1) is 6.24. The molecule has 0 aliphatic heterocycles. The Bertz CT molecular complexity index is 495. The van der Waals surface area contributed by atoms with Crippen LogP contribution in [0.1, 0.15) is 12.6 Å². The fraction of sp³-hybridized carbons (Fsp3) is 0.333. The molecule has 2 aromatic rings. The molecule has 1 N–H and O–H groups in total. The highest BCUT2D eigenvalue weighted by Gasteiger charge is 2.08. The summed E-state index contributed by atoms with van der Waals surface area (Å²) in [6.07, 6.45) is 1.65. The van der Waals surface area contributed by atoms with Gasteiger partial charge in [0.05, 0.1) is 11.1 Å². The van der Waals surface area contributed by atoms with E-state index in [1.54, 1.807) is 10.9 Å². The highest BCUT2D eigenvalue weighted by atomic mass is 16.1. The third-order valence-corrected chi connectivity index (χ3v) is 2.13. The number of pyridine rings is 1. The van der Waals surface area contributed by atoms with Crippen molar-refractivity contribution >= 4 is 11.0 Å². The Kier molecular flexibility index (Phi) is 1.69. The molecule has 13 heavy (non-hydrogen) atoms. The van der Waals surface area contributed by atoms with Gasteiger partial charge in [0.15, 0.2) is 5.43 Å². The van der Waals surface area contributed by atoms with Gasteiger partial charge in [-0.2, -0.15) is 5.10 Å². The first kappa shape index (κ1) is 8.04. The van der Waals surface area contributed by atoms with E-state index in [-0.39, 0.29) is 5.43 Å². The van der Waals surface area contributed by atoms with E-state index in [9.17, 15) is 4.79 Å². The molecular weight excluding hydrogens is 166 g/mol. The zero-order valence-electron chi connectivity index (χ0n) is 7.66. The Morgan fingerprint density at radius 1 is 1.62 bits per heavy atom. The Labute approximate surface area is 75.2 Å². The van der Waals surface area contributed by atoms with Gasteiger partial charge in [-0.1, -0.05) is 0 Å². The summed E-state index contributed by atoms with van der Waals surface area (Å²) in [4.78, 5) is 14.5. The predicted octanol–water partition coefficient (Wildman–Crippen LogP) is 1.05. The molecule has 0 saturated heterocycles. The molecule has 0 aliphatic carbocycles. The van der Waals surface area contributed by atoms with Crippen molar-refractivity contribution < 1.29 is 0 Å². The summed E-state index contributed by atoms with van der Waals surface area (Å²) in [5.41, 5.74) is 1.64. The first-order valence-corrected chi connectivity index (χ1v) is 4.29. The van der Waals surface area contributed by atoms with Crippen LogP contribution in [0, 0.1) is 6.92 Å². The third-order valence-electron chi connectivity index (χ3n) is 2.13. The largest absolute Gasteiger partial charge is 0.346 e. The maximum atomic E-state index is 11.5. The maximum Gasteiger partial charge on any atom is 0.192 e. The third kappa shape index (κ3) is 1.06. The van der Waals surface area contributed by atoms with E-state index in [1.165, 1.54) is 6.07 Å². The van der Waals surface area contributed by atoms with Gasteiger partial charge in [-0.3, -0.25) is 4.79 Å². The SMILES string of the molecule is CCn1nc(C)c2c(=O)cc[nH]c21. The predicted molar refractivity (Wildman–Crippen MR) is 50.8 cm³/mol. The summed E-state index contributed by atoms with van der Waals surface area (Å²) in [6.45, 7) is 4.62. The van der Waals surface area contributed by atoms with Crippen molar-refractivity contribution in [3.8, 4) is 0 Å². The van der Waals surface area contributed by atoms with Gasteiger partial charge in [0.2, 0.25) is 0 Å². The second-order valence-corrected chi connectivity index (χ2v) is 2.97. The van der Waals surface area contributed by atoms with Gasteiger partial charge in [-0.25, -0.2) is 4.68 Å². The topological polar surface area (TPSA) is 50.7 Å². The minimum atomic E-state index is 0.0333. The van der Waals surface area contributed by atoms with Crippen LogP contribution in [0.15, 0.2) is 17.1 Å². The van der Waals surface area contributed by atoms with Gasteiger partial charge in [0, 0.05) is 18.8 Å². The average molecular weight is 177 g/mol. The number of rotatable bonds is 1. The quantitative estimate of drug-likeness (QED) is 0.707. The fourth-order valence-electron chi connectivity index (χ4n) is 1.53. The van der Waals surface area contributed by atoms with Crippen LogP contribution in [-0.2, 0) is 6.54 Å². The lowest BCUT2D eigenvalue weighted by molar-refractivity contribution is 0.669. The zero-order chi connectivity index (χ0) is 9.42. The van der Waals surface area contributed by atoms with Gasteiger partial charge in [0.1, 0.15) is 5.65 Å². The molecule has 0 unspecified atom stereocenters. The number of nitrogens with one attached hydrogen (secondary N) is 1. The fourth-order valence-corrected chi connectivity index (χ4v) is 1.53. The van der Waals surface area contributed by atoms with E-state index in [0.717, 1.165) is 17.9 Å². The molecule has 68 valence electrons. The molecule has 0 aromatic carbocycles. The van der Waals surface area contributed by atoms with E-state index in [2.05, 4.69) is 10.1 Å². The van der Waals surface area contributed by atoms with Crippen molar-refractivity contribution in [2.24, 2.45) is 0 Å². The molecule has 0 fully saturated rings. The number of aromatic nitrogens is 3. The van der Waals surface area contributed by atoms with Crippen molar-refractivity contribution in [2.75, 3.05) is 0 Å². The van der Waals surface area contributed by atoms with Gasteiger partial charge >= 0.3 is 0 Å². The number of hydrogen-bond acceptors (Lipinski definition) is 2. The maximum absolute atomic E-state index is 11.5. The highest BCUT2D eigenvalue weighted by Crippen LogP contribution is 2.10. The number of nitrogens with zero attached hydrogens (tertiary/aromatic N) is 2. The average Bonchev–Trinajstić information content (AvgIpc) is 2.44. The summed E-state index contributed by atoms with van der Waals surface area (Å²) in [7, 11) is 0. The summed E-state index contributed by atoms with van der Waals surface area (Å²) in [5, 5.41) is 4.95. The Balaban J connectivity index is 2.96. The van der Waals surface area contributed by atoms with E-state index < -0.39 is 0 Å².